The van der Waals surface area contributed by atoms with Crippen LogP contribution in [-0.2, 0) is 52.7 Å². The van der Waals surface area contributed by atoms with E-state index in [4.69, 9.17) is 0 Å². The maximum Gasteiger partial charge on any atom is 0.246 e. The number of carbonyl (C=O) groups is 11. The summed E-state index contributed by atoms with van der Waals surface area (Å²) in [6, 6.07) is -12.4. The van der Waals surface area contributed by atoms with Gasteiger partial charge in [-0.05, 0) is 93.8 Å². The van der Waals surface area contributed by atoms with E-state index in [1.165, 1.54) is 87.7 Å². The Morgan fingerprint density at radius 1 is 0.477 bits per heavy atom. The van der Waals surface area contributed by atoms with Crippen molar-refractivity contribution < 1.29 is 57.8 Å². The Kier molecular flexibility index (Phi) is 32.0. The molecule has 0 radical (unpaired) electrons. The second-order valence-corrected chi connectivity index (χ2v) is 26.2. The molecule has 1 saturated heterocycles. The molecule has 490 valence electrons. The van der Waals surface area contributed by atoms with Gasteiger partial charge in [0, 0.05) is 49.3 Å². The second-order valence-electron chi connectivity index (χ2n) is 26.2. The summed E-state index contributed by atoms with van der Waals surface area (Å²) in [5.74, 6) is -9.86. The minimum absolute atomic E-state index is 0.0125. The van der Waals surface area contributed by atoms with Gasteiger partial charge >= 0.3 is 0 Å². The Morgan fingerprint density at radius 3 is 1.35 bits per heavy atom. The third-order valence-electron chi connectivity index (χ3n) is 16.1. The molecule has 23 heteroatoms. The van der Waals surface area contributed by atoms with Crippen LogP contribution in [0.15, 0.2) is 24.8 Å². The van der Waals surface area contributed by atoms with Crippen molar-refractivity contribution in [2.45, 2.75) is 216 Å². The van der Waals surface area contributed by atoms with Gasteiger partial charge in [-0.1, -0.05) is 122 Å². The van der Waals surface area contributed by atoms with Crippen molar-refractivity contribution in [3.8, 4) is 0 Å². The molecule has 1 fully saturated rings. The minimum atomic E-state index is -1.64. The summed E-state index contributed by atoms with van der Waals surface area (Å²) in [5.41, 5.74) is 0. The first kappa shape index (κ1) is 77.6. The first-order valence-corrected chi connectivity index (χ1v) is 30.7. The van der Waals surface area contributed by atoms with E-state index in [2.05, 4.69) is 27.8 Å². The van der Waals surface area contributed by atoms with Gasteiger partial charge in [-0.2, -0.15) is 0 Å². The number of nitrogens with zero attached hydrogens (tertiary/aromatic N) is 7. The lowest BCUT2D eigenvalue weighted by atomic mass is 9.91. The van der Waals surface area contributed by atoms with Crippen molar-refractivity contribution in [3.63, 3.8) is 0 Å². The lowest BCUT2D eigenvalue weighted by Crippen LogP contribution is -2.63. The zero-order chi connectivity index (χ0) is 66.7. The molecule has 23 nitrogen and oxygen atoms in total. The van der Waals surface area contributed by atoms with E-state index >= 15 is 9.59 Å². The monoisotopic (exact) mass is 1210 g/mol. The van der Waals surface area contributed by atoms with Gasteiger partial charge in [-0.15, -0.1) is 0 Å². The number of hydrogen-bond donors (Lipinski definition) is 5. The molecule has 1 aliphatic rings. The predicted molar refractivity (Wildman–Crippen MR) is 333 cm³/mol. The van der Waals surface area contributed by atoms with E-state index in [0.29, 0.717) is 0 Å². The molecular formula is C63H111N11O12. The molecule has 5 N–H and O–H groups in total. The van der Waals surface area contributed by atoms with Crippen LogP contribution in [0.3, 0.4) is 0 Å². The summed E-state index contributed by atoms with van der Waals surface area (Å²) in [5, 5.41) is 23.1. The van der Waals surface area contributed by atoms with Crippen LogP contribution in [-0.4, -0.2) is 227 Å². The molecule has 0 bridgehead atoms. The van der Waals surface area contributed by atoms with Crippen LogP contribution in [0.25, 0.3) is 0 Å². The Balaban J connectivity index is 4.34. The molecule has 1 rings (SSSR count). The third-order valence-corrected chi connectivity index (χ3v) is 16.1. The van der Waals surface area contributed by atoms with Gasteiger partial charge in [0.05, 0.1) is 12.6 Å². The summed E-state index contributed by atoms with van der Waals surface area (Å²) in [7, 11) is 9.88. The van der Waals surface area contributed by atoms with E-state index < -0.39 is 156 Å². The van der Waals surface area contributed by atoms with Crippen LogP contribution in [0.2, 0.25) is 0 Å². The Labute approximate surface area is 514 Å². The normalized spacial score (nSPS) is 26.7. The van der Waals surface area contributed by atoms with Crippen molar-refractivity contribution in [1.82, 2.24) is 55.6 Å². The van der Waals surface area contributed by atoms with E-state index in [0.717, 1.165) is 9.80 Å². The van der Waals surface area contributed by atoms with E-state index in [1.807, 2.05) is 55.4 Å². The number of nitrogens with one attached hydrogen (secondary N) is 4. The maximum absolute atomic E-state index is 15.2. The van der Waals surface area contributed by atoms with Crippen LogP contribution in [0.4, 0.5) is 0 Å². The Morgan fingerprint density at radius 2 is 0.895 bits per heavy atom. The first-order chi connectivity index (χ1) is 39.7. The zero-order valence-corrected chi connectivity index (χ0v) is 56.3. The Bertz CT molecular complexity index is 2380. The van der Waals surface area contributed by atoms with Crippen LogP contribution in [0, 0.1) is 41.4 Å². The quantitative estimate of drug-likeness (QED) is 0.139. The molecule has 11 amide bonds. The predicted octanol–water partition coefficient (Wildman–Crippen LogP) is 3.44. The summed E-state index contributed by atoms with van der Waals surface area (Å²) in [4.78, 5) is 169. The molecule has 0 aromatic carbocycles. The molecule has 12 atom stereocenters. The van der Waals surface area contributed by atoms with Gasteiger partial charge in [-0.3, -0.25) is 52.7 Å². The topological polar surface area (TPSA) is 279 Å². The average molecular weight is 1210 g/mol. The highest BCUT2D eigenvalue weighted by Crippen LogP contribution is 2.26. The summed E-state index contributed by atoms with van der Waals surface area (Å²) in [6.07, 6.45) is 4.30. The molecule has 0 unspecified atom stereocenters. The lowest BCUT2D eigenvalue weighted by Gasteiger charge is -2.41. The fourth-order valence-corrected chi connectivity index (χ4v) is 10.7. The number of aliphatic hydroxyl groups is 1. The van der Waals surface area contributed by atoms with Crippen molar-refractivity contribution in [2.24, 2.45) is 41.4 Å². The van der Waals surface area contributed by atoms with Gasteiger partial charge in [0.1, 0.15) is 60.4 Å². The molecule has 0 spiro atoms. The zero-order valence-electron chi connectivity index (χ0n) is 56.3. The number of likely N-dealkylation sites (N-methyl/N-ethyl adjacent to an activating group) is 7. The first-order valence-electron chi connectivity index (χ1n) is 30.7. The van der Waals surface area contributed by atoms with E-state index in [-0.39, 0.29) is 62.2 Å². The van der Waals surface area contributed by atoms with Crippen molar-refractivity contribution in [2.75, 3.05) is 55.9 Å². The number of carbonyl (C=O) groups excluding carboxylic acids is 11. The van der Waals surface area contributed by atoms with Crippen LogP contribution in [0.1, 0.15) is 149 Å². The summed E-state index contributed by atoms with van der Waals surface area (Å²) < 4.78 is 0. The SMILES string of the molecule is C=CC=CC[C@@H](C)[C@@H](O)[C@H]1C(=O)N[C@@H](CC)C(=O)N(C)CC(=O)N(C)[C@@H](CC(C)C)C(=O)N[C@@H](C(C)C)C(=O)N(C)[C@@H](CC(C)C)C(=O)N[C@@H](C)C(=O)N[C@H](C)C(=O)N(C)[C@@H](CC(C)C)C(=O)N(C)[C@@H](CC(C)C)C(=O)N(C)[C@@H](C(C)C)C(=O)N1C. The maximum atomic E-state index is 15.2. The van der Waals surface area contributed by atoms with Crippen LogP contribution in [0.5, 0.6) is 0 Å². The number of aliphatic hydroxyl groups excluding tert-OH is 1. The summed E-state index contributed by atoms with van der Waals surface area (Å²) >= 11 is 0. The highest BCUT2D eigenvalue weighted by atomic mass is 16.3. The minimum Gasteiger partial charge on any atom is -0.390 e. The molecule has 0 aliphatic carbocycles. The van der Waals surface area contributed by atoms with Gasteiger partial charge in [-0.25, -0.2) is 0 Å². The molecule has 0 aromatic rings. The summed E-state index contributed by atoms with van der Waals surface area (Å²) in [6.45, 7) is 31.2. The molecule has 1 aliphatic heterocycles. The van der Waals surface area contributed by atoms with Crippen LogP contribution < -0.4 is 21.3 Å². The number of rotatable bonds is 16. The molecule has 86 heavy (non-hydrogen) atoms. The highest BCUT2D eigenvalue weighted by Gasteiger charge is 2.45. The van der Waals surface area contributed by atoms with Gasteiger partial charge in [0.25, 0.3) is 0 Å². The largest absolute Gasteiger partial charge is 0.390 e. The lowest BCUT2D eigenvalue weighted by molar-refractivity contribution is -0.157. The molecule has 0 aromatic heterocycles. The van der Waals surface area contributed by atoms with Gasteiger partial charge in [0.2, 0.25) is 65.0 Å². The van der Waals surface area contributed by atoms with Crippen molar-refractivity contribution >= 4 is 65.0 Å². The fraction of sp³-hybridized carbons (Fsp3) is 0.762. The fourth-order valence-electron chi connectivity index (χ4n) is 10.7. The van der Waals surface area contributed by atoms with E-state index in [9.17, 15) is 48.3 Å². The van der Waals surface area contributed by atoms with Crippen LogP contribution >= 0.6 is 0 Å². The standard InChI is InChI=1S/C63H111N11O12/c1-25-27-28-29-41(15)53(76)52-57(80)66-44(26-2)59(82)68(18)34-49(75)69(19)45(30-35(3)4)56(79)67-50(39(11)12)62(85)70(20)46(31-36(5)6)55(78)64-42(16)54(77)65-43(17)58(81)71(21)47(32-37(7)8)60(83)72(22)48(33-38(9)10)61(84)73(23)51(40(13)14)63(86)74(52)24/h25,27-28,35-48,50-53,76H,1,26,29-34H2,2-24H3,(H,64,78)(H,65,77)(H,66,80)(H,67,79)/t41-,42+,43-,44+,45+,46+,47+,48+,50+,51+,52+,53-/m1/s1. The number of hydrogen-bond acceptors (Lipinski definition) is 12. The molecule has 1 heterocycles. The second kappa shape index (κ2) is 35.4. The van der Waals surface area contributed by atoms with Crippen molar-refractivity contribution in [1.29, 1.82) is 0 Å². The third kappa shape index (κ3) is 21.8. The average Bonchev–Trinajstić information content (AvgIpc) is 3.63. The van der Waals surface area contributed by atoms with Gasteiger partial charge < -0.3 is 60.7 Å². The number of allylic oxidation sites excluding steroid dienone is 3. The smallest absolute Gasteiger partial charge is 0.246 e. The van der Waals surface area contributed by atoms with Gasteiger partial charge in [0.15, 0.2) is 0 Å². The van der Waals surface area contributed by atoms with Crippen molar-refractivity contribution in [3.05, 3.63) is 24.8 Å². The highest BCUT2D eigenvalue weighted by molar-refractivity contribution is 5.99. The van der Waals surface area contributed by atoms with E-state index in [1.54, 1.807) is 59.8 Å². The Hall–Kier alpha value is -6.39. The molecule has 0 saturated carbocycles. The number of amides is 11. The molecular weight excluding hydrogens is 1100 g/mol.